The summed E-state index contributed by atoms with van der Waals surface area (Å²) in [5.74, 6) is 0.729. The molecule has 0 radical (unpaired) electrons. The summed E-state index contributed by atoms with van der Waals surface area (Å²) in [5.41, 5.74) is 1.18. The fourth-order valence-corrected chi connectivity index (χ4v) is 4.45. The molecule has 1 atom stereocenters. The van der Waals surface area contributed by atoms with Crippen LogP contribution < -0.4 is 10.1 Å². The molecule has 134 valence electrons. The van der Waals surface area contributed by atoms with E-state index in [1.165, 1.54) is 0 Å². The average molecular weight is 360 g/mol. The van der Waals surface area contributed by atoms with Gasteiger partial charge in [0, 0.05) is 43.0 Å². The standard InChI is InChI=1S/C18H24N4O2S/c1-23-16-14(3-2-6-19-16)12-22-8-4-18(5-9-22)11-15(13-24-18)21-17-20-7-10-25-17/h2-3,6-7,10,15H,4-5,8-9,11-13H2,1H3,(H,20,21). The van der Waals surface area contributed by atoms with Gasteiger partial charge in [0.25, 0.3) is 0 Å². The van der Waals surface area contributed by atoms with Crippen LogP contribution in [0.2, 0.25) is 0 Å². The van der Waals surface area contributed by atoms with Crippen LogP contribution >= 0.6 is 11.3 Å². The number of hydrogen-bond donors (Lipinski definition) is 1. The van der Waals surface area contributed by atoms with Gasteiger partial charge in [-0.25, -0.2) is 9.97 Å². The van der Waals surface area contributed by atoms with E-state index < -0.39 is 0 Å². The number of rotatable bonds is 5. The SMILES string of the molecule is COc1ncccc1CN1CCC2(CC1)CC(Nc1nccs1)CO2. The fourth-order valence-electron chi connectivity index (χ4n) is 3.84. The van der Waals surface area contributed by atoms with E-state index in [9.17, 15) is 0 Å². The van der Waals surface area contributed by atoms with Crippen molar-refractivity contribution in [3.05, 3.63) is 35.5 Å². The van der Waals surface area contributed by atoms with E-state index in [0.717, 1.165) is 62.1 Å². The minimum Gasteiger partial charge on any atom is -0.481 e. The molecule has 7 heteroatoms. The number of thiazole rings is 1. The number of anilines is 1. The van der Waals surface area contributed by atoms with Crippen LogP contribution in [0.5, 0.6) is 5.88 Å². The van der Waals surface area contributed by atoms with Crippen molar-refractivity contribution in [3.8, 4) is 5.88 Å². The molecule has 1 unspecified atom stereocenters. The van der Waals surface area contributed by atoms with Crippen LogP contribution in [0.1, 0.15) is 24.8 Å². The van der Waals surface area contributed by atoms with Crippen molar-refractivity contribution in [2.24, 2.45) is 0 Å². The lowest BCUT2D eigenvalue weighted by Crippen LogP contribution is -2.44. The first-order valence-corrected chi connectivity index (χ1v) is 9.65. The topological polar surface area (TPSA) is 59.5 Å². The third-order valence-electron chi connectivity index (χ3n) is 5.17. The highest BCUT2D eigenvalue weighted by Gasteiger charge is 2.42. The molecular formula is C18H24N4O2S. The molecule has 6 nitrogen and oxygen atoms in total. The number of likely N-dealkylation sites (tertiary alicyclic amines) is 1. The molecule has 0 saturated carbocycles. The van der Waals surface area contributed by atoms with Gasteiger partial charge >= 0.3 is 0 Å². The van der Waals surface area contributed by atoms with Crippen LogP contribution in [-0.2, 0) is 11.3 Å². The highest BCUT2D eigenvalue weighted by atomic mass is 32.1. The van der Waals surface area contributed by atoms with Crippen LogP contribution in [0.3, 0.4) is 0 Å². The number of hydrogen-bond acceptors (Lipinski definition) is 7. The van der Waals surface area contributed by atoms with Crippen LogP contribution in [0.4, 0.5) is 5.13 Å². The maximum absolute atomic E-state index is 6.24. The molecule has 2 aliphatic rings. The zero-order valence-corrected chi connectivity index (χ0v) is 15.3. The lowest BCUT2D eigenvalue weighted by Gasteiger charge is -2.38. The first kappa shape index (κ1) is 16.8. The second kappa shape index (κ2) is 7.27. The first-order valence-electron chi connectivity index (χ1n) is 8.77. The Kier molecular flexibility index (Phi) is 4.87. The Balaban J connectivity index is 1.31. The quantitative estimate of drug-likeness (QED) is 0.885. The lowest BCUT2D eigenvalue weighted by atomic mass is 9.87. The molecule has 2 aromatic rings. The number of nitrogens with zero attached hydrogens (tertiary/aromatic N) is 3. The molecule has 2 fully saturated rings. The molecule has 4 heterocycles. The predicted octanol–water partition coefficient (Wildman–Crippen LogP) is 2.78. The molecule has 2 aromatic heterocycles. The minimum absolute atomic E-state index is 0.0322. The second-order valence-corrected chi connectivity index (χ2v) is 7.72. The van der Waals surface area contributed by atoms with E-state index in [4.69, 9.17) is 9.47 Å². The van der Waals surface area contributed by atoms with E-state index in [1.54, 1.807) is 24.6 Å². The van der Waals surface area contributed by atoms with Crippen molar-refractivity contribution in [1.29, 1.82) is 0 Å². The van der Waals surface area contributed by atoms with Crippen LogP contribution in [0, 0.1) is 0 Å². The van der Waals surface area contributed by atoms with Crippen molar-refractivity contribution >= 4 is 16.5 Å². The molecule has 1 N–H and O–H groups in total. The van der Waals surface area contributed by atoms with E-state index in [1.807, 2.05) is 17.6 Å². The summed E-state index contributed by atoms with van der Waals surface area (Å²) in [6, 6.07) is 4.44. The van der Waals surface area contributed by atoms with Gasteiger partial charge in [-0.2, -0.15) is 0 Å². The number of methoxy groups -OCH3 is 1. The lowest BCUT2D eigenvalue weighted by molar-refractivity contribution is -0.0449. The van der Waals surface area contributed by atoms with Crippen molar-refractivity contribution in [3.63, 3.8) is 0 Å². The summed E-state index contributed by atoms with van der Waals surface area (Å²) in [7, 11) is 1.68. The third kappa shape index (κ3) is 3.78. The smallest absolute Gasteiger partial charge is 0.217 e. The van der Waals surface area contributed by atoms with E-state index in [0.29, 0.717) is 6.04 Å². The Hall–Kier alpha value is -1.70. The van der Waals surface area contributed by atoms with E-state index >= 15 is 0 Å². The average Bonchev–Trinajstić information content (AvgIpc) is 3.29. The van der Waals surface area contributed by atoms with E-state index in [-0.39, 0.29) is 5.60 Å². The van der Waals surface area contributed by atoms with Crippen molar-refractivity contribution in [2.45, 2.75) is 37.5 Å². The van der Waals surface area contributed by atoms with Crippen molar-refractivity contribution in [2.75, 3.05) is 32.1 Å². The van der Waals surface area contributed by atoms with Gasteiger partial charge in [0.15, 0.2) is 5.13 Å². The summed E-state index contributed by atoms with van der Waals surface area (Å²) in [4.78, 5) is 11.1. The Morgan fingerprint density at radius 2 is 2.24 bits per heavy atom. The second-order valence-electron chi connectivity index (χ2n) is 6.82. The van der Waals surface area contributed by atoms with Gasteiger partial charge in [-0.3, -0.25) is 4.90 Å². The third-order valence-corrected chi connectivity index (χ3v) is 5.88. The van der Waals surface area contributed by atoms with E-state index in [2.05, 4.69) is 26.3 Å². The van der Waals surface area contributed by atoms with Gasteiger partial charge in [0.1, 0.15) is 0 Å². The Morgan fingerprint density at radius 1 is 1.36 bits per heavy atom. The molecule has 4 rings (SSSR count). The summed E-state index contributed by atoms with van der Waals surface area (Å²) >= 11 is 1.65. The monoisotopic (exact) mass is 360 g/mol. The van der Waals surface area contributed by atoms with Gasteiger partial charge in [0.2, 0.25) is 5.88 Å². The maximum Gasteiger partial charge on any atom is 0.217 e. The highest BCUT2D eigenvalue weighted by Crippen LogP contribution is 2.37. The Bertz CT molecular complexity index is 686. The minimum atomic E-state index is 0.0322. The molecule has 25 heavy (non-hydrogen) atoms. The summed E-state index contributed by atoms with van der Waals surface area (Å²) in [6.07, 6.45) is 6.83. The fraction of sp³-hybridized carbons (Fsp3) is 0.556. The number of aromatic nitrogens is 2. The van der Waals surface area contributed by atoms with Crippen LogP contribution in [0.25, 0.3) is 0 Å². The summed E-state index contributed by atoms with van der Waals surface area (Å²) < 4.78 is 11.6. The summed E-state index contributed by atoms with van der Waals surface area (Å²) in [6.45, 7) is 3.74. The highest BCUT2D eigenvalue weighted by molar-refractivity contribution is 7.13. The molecule has 1 spiro atoms. The molecule has 0 aliphatic carbocycles. The number of ether oxygens (including phenoxy) is 2. The first-order chi connectivity index (χ1) is 12.3. The number of pyridine rings is 1. The molecule has 2 saturated heterocycles. The molecule has 0 bridgehead atoms. The van der Waals surface area contributed by atoms with Gasteiger partial charge in [-0.1, -0.05) is 6.07 Å². The normalized spacial score (nSPS) is 23.0. The molecule has 0 aromatic carbocycles. The largest absolute Gasteiger partial charge is 0.481 e. The Labute approximate surface area is 152 Å². The molecule has 2 aliphatic heterocycles. The number of piperidine rings is 1. The van der Waals surface area contributed by atoms with Gasteiger partial charge in [-0.15, -0.1) is 11.3 Å². The molecular weight excluding hydrogens is 336 g/mol. The Morgan fingerprint density at radius 3 is 3.00 bits per heavy atom. The maximum atomic E-state index is 6.24. The van der Waals surface area contributed by atoms with Crippen LogP contribution in [-0.4, -0.2) is 53.3 Å². The van der Waals surface area contributed by atoms with Gasteiger partial charge in [0.05, 0.1) is 25.4 Å². The predicted molar refractivity (Wildman–Crippen MR) is 98.1 cm³/mol. The van der Waals surface area contributed by atoms with Crippen molar-refractivity contribution in [1.82, 2.24) is 14.9 Å². The van der Waals surface area contributed by atoms with Crippen LogP contribution in [0.15, 0.2) is 29.9 Å². The van der Waals surface area contributed by atoms with Gasteiger partial charge < -0.3 is 14.8 Å². The van der Waals surface area contributed by atoms with Gasteiger partial charge in [-0.05, 0) is 25.3 Å². The summed E-state index contributed by atoms with van der Waals surface area (Å²) in [5, 5.41) is 6.49. The molecule has 0 amide bonds. The van der Waals surface area contributed by atoms with Crippen molar-refractivity contribution < 1.29 is 9.47 Å². The zero-order chi connectivity index (χ0) is 17.1. The number of nitrogens with one attached hydrogen (secondary N) is 1. The zero-order valence-electron chi connectivity index (χ0n) is 14.5.